The van der Waals surface area contributed by atoms with Crippen molar-refractivity contribution in [1.29, 1.82) is 0 Å². The van der Waals surface area contributed by atoms with E-state index in [2.05, 4.69) is 0 Å². The highest BCUT2D eigenvalue weighted by Crippen LogP contribution is 2.26. The summed E-state index contributed by atoms with van der Waals surface area (Å²) in [5.41, 5.74) is 0. The number of carbonyl (C=O) groups is 2. The summed E-state index contributed by atoms with van der Waals surface area (Å²) in [5.74, 6) is 0.245. The largest absolute Gasteiger partial charge is 0.341 e. The van der Waals surface area contributed by atoms with Gasteiger partial charge in [-0.3, -0.25) is 9.59 Å². The van der Waals surface area contributed by atoms with Crippen LogP contribution in [0.15, 0.2) is 17.5 Å². The first kappa shape index (κ1) is 16.5. The fourth-order valence-electron chi connectivity index (χ4n) is 3.87. The Hall–Kier alpha value is -1.36. The molecule has 2 amide bonds. The minimum atomic E-state index is -0.241. The highest BCUT2D eigenvalue weighted by molar-refractivity contribution is 7.10. The molecular weight excluding hydrogens is 308 g/mol. The molecule has 2 aliphatic rings. The van der Waals surface area contributed by atoms with E-state index in [0.717, 1.165) is 37.1 Å². The molecule has 3 rings (SSSR count). The topological polar surface area (TPSA) is 40.6 Å². The van der Waals surface area contributed by atoms with Crippen LogP contribution >= 0.6 is 11.3 Å². The Labute approximate surface area is 142 Å². The summed E-state index contributed by atoms with van der Waals surface area (Å²) >= 11 is 1.61. The van der Waals surface area contributed by atoms with Crippen LogP contribution in [0.2, 0.25) is 0 Å². The summed E-state index contributed by atoms with van der Waals surface area (Å²) in [7, 11) is 1.93. The SMILES string of the molecule is CN(C(=O)C1CCCN1C(=O)Cc1cccs1)C1CCCCC1. The molecule has 0 spiro atoms. The number of rotatable bonds is 4. The zero-order valence-corrected chi connectivity index (χ0v) is 14.7. The van der Waals surface area contributed by atoms with Crippen LogP contribution in [0.25, 0.3) is 0 Å². The average Bonchev–Trinajstić information content (AvgIpc) is 3.25. The average molecular weight is 334 g/mol. The van der Waals surface area contributed by atoms with E-state index >= 15 is 0 Å². The molecule has 1 aromatic heterocycles. The molecule has 1 aliphatic heterocycles. The van der Waals surface area contributed by atoms with Gasteiger partial charge in [-0.25, -0.2) is 0 Å². The Kier molecular flexibility index (Phi) is 5.36. The molecule has 1 unspecified atom stereocenters. The first-order chi connectivity index (χ1) is 11.2. The lowest BCUT2D eigenvalue weighted by molar-refractivity contribution is -0.144. The fourth-order valence-corrected chi connectivity index (χ4v) is 4.56. The number of carbonyl (C=O) groups excluding carboxylic acids is 2. The van der Waals surface area contributed by atoms with Crippen LogP contribution in [-0.4, -0.2) is 47.3 Å². The summed E-state index contributed by atoms with van der Waals surface area (Å²) in [4.78, 5) is 30.3. The number of hydrogen-bond acceptors (Lipinski definition) is 3. The van der Waals surface area contributed by atoms with Crippen molar-refractivity contribution < 1.29 is 9.59 Å². The second kappa shape index (κ2) is 7.47. The van der Waals surface area contributed by atoms with Gasteiger partial charge in [-0.05, 0) is 37.1 Å². The van der Waals surface area contributed by atoms with Crippen molar-refractivity contribution in [2.24, 2.45) is 0 Å². The molecule has 0 aromatic carbocycles. The first-order valence-corrected chi connectivity index (χ1v) is 9.63. The zero-order valence-electron chi connectivity index (χ0n) is 13.9. The lowest BCUT2D eigenvalue weighted by Crippen LogP contribution is -2.50. The van der Waals surface area contributed by atoms with E-state index in [1.807, 2.05) is 34.4 Å². The maximum atomic E-state index is 12.9. The summed E-state index contributed by atoms with van der Waals surface area (Å²) in [6.45, 7) is 0.721. The molecule has 2 fully saturated rings. The normalized spacial score (nSPS) is 22.3. The van der Waals surface area contributed by atoms with E-state index in [0.29, 0.717) is 12.5 Å². The van der Waals surface area contributed by atoms with E-state index in [4.69, 9.17) is 0 Å². The third kappa shape index (κ3) is 3.77. The smallest absolute Gasteiger partial charge is 0.245 e. The van der Waals surface area contributed by atoms with E-state index in [1.165, 1.54) is 19.3 Å². The number of hydrogen-bond donors (Lipinski definition) is 0. The molecule has 5 heteroatoms. The Morgan fingerprint density at radius 3 is 2.70 bits per heavy atom. The Morgan fingerprint density at radius 1 is 1.22 bits per heavy atom. The van der Waals surface area contributed by atoms with Crippen molar-refractivity contribution in [2.45, 2.75) is 63.5 Å². The third-order valence-electron chi connectivity index (χ3n) is 5.23. The van der Waals surface area contributed by atoms with Gasteiger partial charge in [0.05, 0.1) is 6.42 Å². The molecular formula is C18H26N2O2S. The van der Waals surface area contributed by atoms with E-state index < -0.39 is 0 Å². The van der Waals surface area contributed by atoms with Gasteiger partial charge in [-0.2, -0.15) is 0 Å². The quantitative estimate of drug-likeness (QED) is 0.849. The van der Waals surface area contributed by atoms with Crippen LogP contribution < -0.4 is 0 Å². The molecule has 126 valence electrons. The highest BCUT2D eigenvalue weighted by Gasteiger charge is 2.37. The molecule has 1 aromatic rings. The monoisotopic (exact) mass is 334 g/mol. The predicted molar refractivity (Wildman–Crippen MR) is 92.4 cm³/mol. The van der Waals surface area contributed by atoms with Gasteiger partial charge in [0.15, 0.2) is 0 Å². The number of likely N-dealkylation sites (tertiary alicyclic amines) is 1. The maximum Gasteiger partial charge on any atom is 0.245 e. The van der Waals surface area contributed by atoms with Crippen LogP contribution in [0, 0.1) is 0 Å². The Bertz CT molecular complexity index is 537. The Balaban J connectivity index is 1.63. The van der Waals surface area contributed by atoms with Gasteiger partial charge < -0.3 is 9.80 Å². The van der Waals surface area contributed by atoms with Gasteiger partial charge in [0.2, 0.25) is 11.8 Å². The number of thiophene rings is 1. The van der Waals surface area contributed by atoms with Crippen LogP contribution in [0.5, 0.6) is 0 Å². The second-order valence-electron chi connectivity index (χ2n) is 6.74. The molecule has 1 atom stereocenters. The predicted octanol–water partition coefficient (Wildman–Crippen LogP) is 3.07. The molecule has 1 saturated carbocycles. The van der Waals surface area contributed by atoms with Crippen LogP contribution in [0.3, 0.4) is 0 Å². The van der Waals surface area contributed by atoms with Gasteiger partial charge in [-0.1, -0.05) is 25.3 Å². The van der Waals surface area contributed by atoms with E-state index in [9.17, 15) is 9.59 Å². The number of likely N-dealkylation sites (N-methyl/N-ethyl adjacent to an activating group) is 1. The highest BCUT2D eigenvalue weighted by atomic mass is 32.1. The summed E-state index contributed by atoms with van der Waals surface area (Å²) in [6, 6.07) is 4.08. The number of amides is 2. The van der Waals surface area contributed by atoms with Gasteiger partial charge in [-0.15, -0.1) is 11.3 Å². The molecule has 23 heavy (non-hydrogen) atoms. The molecule has 4 nitrogen and oxygen atoms in total. The molecule has 0 radical (unpaired) electrons. The van der Waals surface area contributed by atoms with Crippen molar-refractivity contribution in [3.8, 4) is 0 Å². The Morgan fingerprint density at radius 2 is 2.00 bits per heavy atom. The molecule has 1 aliphatic carbocycles. The van der Waals surface area contributed by atoms with Gasteiger partial charge >= 0.3 is 0 Å². The van der Waals surface area contributed by atoms with Gasteiger partial charge in [0.25, 0.3) is 0 Å². The van der Waals surface area contributed by atoms with Crippen LogP contribution in [0.1, 0.15) is 49.8 Å². The minimum absolute atomic E-state index is 0.0975. The lowest BCUT2D eigenvalue weighted by atomic mass is 9.94. The van der Waals surface area contributed by atoms with Crippen molar-refractivity contribution in [3.05, 3.63) is 22.4 Å². The summed E-state index contributed by atoms with van der Waals surface area (Å²) < 4.78 is 0. The second-order valence-corrected chi connectivity index (χ2v) is 7.77. The summed E-state index contributed by atoms with van der Waals surface area (Å²) in [5, 5.41) is 1.99. The van der Waals surface area contributed by atoms with Crippen molar-refractivity contribution in [3.63, 3.8) is 0 Å². The van der Waals surface area contributed by atoms with Crippen molar-refractivity contribution in [1.82, 2.24) is 9.80 Å². The lowest BCUT2D eigenvalue weighted by Gasteiger charge is -2.35. The minimum Gasteiger partial charge on any atom is -0.341 e. The number of nitrogens with zero attached hydrogens (tertiary/aromatic N) is 2. The van der Waals surface area contributed by atoms with Crippen LogP contribution in [0.4, 0.5) is 0 Å². The van der Waals surface area contributed by atoms with E-state index in [-0.39, 0.29) is 17.9 Å². The standard InChI is InChI=1S/C18H26N2O2S/c1-19(14-7-3-2-4-8-14)18(22)16-10-5-11-20(16)17(21)13-15-9-6-12-23-15/h6,9,12,14,16H,2-5,7-8,10-11,13H2,1H3. The first-order valence-electron chi connectivity index (χ1n) is 8.75. The molecule has 2 heterocycles. The van der Waals surface area contributed by atoms with Crippen LogP contribution in [-0.2, 0) is 16.0 Å². The summed E-state index contributed by atoms with van der Waals surface area (Å²) in [6.07, 6.45) is 8.11. The van der Waals surface area contributed by atoms with E-state index in [1.54, 1.807) is 11.3 Å². The third-order valence-corrected chi connectivity index (χ3v) is 6.11. The van der Waals surface area contributed by atoms with Crippen molar-refractivity contribution in [2.75, 3.05) is 13.6 Å². The zero-order chi connectivity index (χ0) is 16.2. The maximum absolute atomic E-state index is 12.9. The molecule has 1 saturated heterocycles. The fraction of sp³-hybridized carbons (Fsp3) is 0.667. The van der Waals surface area contributed by atoms with Gasteiger partial charge in [0, 0.05) is 24.5 Å². The van der Waals surface area contributed by atoms with Gasteiger partial charge in [0.1, 0.15) is 6.04 Å². The molecule has 0 bridgehead atoms. The van der Waals surface area contributed by atoms with Crippen molar-refractivity contribution >= 4 is 23.2 Å². The molecule has 0 N–H and O–H groups in total.